The first-order valence-corrected chi connectivity index (χ1v) is 9.11. The third-order valence-electron chi connectivity index (χ3n) is 4.09. The van der Waals surface area contributed by atoms with Crippen LogP contribution in [0.25, 0.3) is 0 Å². The predicted octanol–water partition coefficient (Wildman–Crippen LogP) is 3.07. The summed E-state index contributed by atoms with van der Waals surface area (Å²) in [4.78, 5) is 14.0. The fourth-order valence-electron chi connectivity index (χ4n) is 2.54. The van der Waals surface area contributed by atoms with E-state index in [0.29, 0.717) is 18.2 Å². The van der Waals surface area contributed by atoms with Gasteiger partial charge in [-0.05, 0) is 37.5 Å². The highest BCUT2D eigenvalue weighted by molar-refractivity contribution is 7.99. The molecule has 0 bridgehead atoms. The largest absolute Gasteiger partial charge is 0.341 e. The van der Waals surface area contributed by atoms with Crippen LogP contribution in [0.15, 0.2) is 29.4 Å². The number of nitrogens with zero attached hydrogens (tertiary/aromatic N) is 4. The molecule has 5 nitrogen and oxygen atoms in total. The minimum absolute atomic E-state index is 0.0166. The Kier molecular flexibility index (Phi) is 5.18. The van der Waals surface area contributed by atoms with Gasteiger partial charge in [0.1, 0.15) is 11.6 Å². The van der Waals surface area contributed by atoms with Crippen LogP contribution in [0.2, 0.25) is 0 Å². The summed E-state index contributed by atoms with van der Waals surface area (Å²) in [6.07, 6.45) is 2.37. The lowest BCUT2D eigenvalue weighted by molar-refractivity contribution is -0.127. The predicted molar refractivity (Wildman–Crippen MR) is 91.3 cm³/mol. The van der Waals surface area contributed by atoms with Crippen molar-refractivity contribution in [3.63, 3.8) is 0 Å². The molecule has 1 heterocycles. The molecule has 24 heavy (non-hydrogen) atoms. The molecule has 2 aromatic rings. The average molecular weight is 348 g/mol. The van der Waals surface area contributed by atoms with Gasteiger partial charge in [0.05, 0.1) is 5.75 Å². The Morgan fingerprint density at radius 1 is 1.33 bits per heavy atom. The van der Waals surface area contributed by atoms with Crippen LogP contribution in [-0.4, -0.2) is 38.4 Å². The summed E-state index contributed by atoms with van der Waals surface area (Å²) in [5.41, 5.74) is 0.907. The van der Waals surface area contributed by atoms with Crippen LogP contribution in [0.1, 0.15) is 37.1 Å². The van der Waals surface area contributed by atoms with E-state index in [-0.39, 0.29) is 11.7 Å². The van der Waals surface area contributed by atoms with Gasteiger partial charge in [-0.3, -0.25) is 4.79 Å². The van der Waals surface area contributed by atoms with Crippen molar-refractivity contribution < 1.29 is 9.18 Å². The number of benzene rings is 1. The molecule has 128 valence electrons. The molecular formula is C17H21FN4OS. The Morgan fingerprint density at radius 3 is 2.67 bits per heavy atom. The smallest absolute Gasteiger partial charge is 0.233 e. The van der Waals surface area contributed by atoms with Crippen molar-refractivity contribution in [1.82, 2.24) is 19.7 Å². The number of hydrogen-bond donors (Lipinski definition) is 0. The quantitative estimate of drug-likeness (QED) is 0.722. The van der Waals surface area contributed by atoms with Crippen LogP contribution in [-0.2, 0) is 17.9 Å². The number of aromatic nitrogens is 3. The van der Waals surface area contributed by atoms with E-state index in [2.05, 4.69) is 21.7 Å². The summed E-state index contributed by atoms with van der Waals surface area (Å²) < 4.78 is 15.0. The number of carbonyl (C=O) groups excluding carboxylic acids is 1. The molecule has 0 radical (unpaired) electrons. The van der Waals surface area contributed by atoms with Crippen LogP contribution < -0.4 is 0 Å². The molecule has 1 fully saturated rings. The van der Waals surface area contributed by atoms with Crippen LogP contribution in [0, 0.1) is 5.82 Å². The summed E-state index contributed by atoms with van der Waals surface area (Å²) >= 11 is 1.43. The first-order chi connectivity index (χ1) is 11.6. The second-order valence-electron chi connectivity index (χ2n) is 6.02. The molecule has 0 atom stereocenters. The average Bonchev–Trinajstić information content (AvgIpc) is 3.34. The number of thioether (sulfide) groups is 1. The second-order valence-corrected chi connectivity index (χ2v) is 6.97. The molecule has 7 heteroatoms. The molecule has 1 aromatic carbocycles. The number of rotatable bonds is 7. The maximum Gasteiger partial charge on any atom is 0.233 e. The summed E-state index contributed by atoms with van der Waals surface area (Å²) in [6.45, 7) is 3.36. The normalized spacial score (nSPS) is 14.0. The van der Waals surface area contributed by atoms with Gasteiger partial charge in [-0.1, -0.05) is 23.9 Å². The fraction of sp³-hybridized carbons (Fsp3) is 0.471. The first kappa shape index (κ1) is 17.0. The van der Waals surface area contributed by atoms with Crippen LogP contribution >= 0.6 is 11.8 Å². The molecule has 0 N–H and O–H groups in total. The molecule has 0 saturated heterocycles. The topological polar surface area (TPSA) is 51.0 Å². The van der Waals surface area contributed by atoms with Crippen molar-refractivity contribution in [2.75, 3.05) is 12.8 Å². The Labute approximate surface area is 145 Å². The van der Waals surface area contributed by atoms with E-state index < -0.39 is 0 Å². The minimum Gasteiger partial charge on any atom is -0.341 e. The van der Waals surface area contributed by atoms with E-state index in [9.17, 15) is 9.18 Å². The highest BCUT2D eigenvalue weighted by atomic mass is 32.2. The van der Waals surface area contributed by atoms with Crippen LogP contribution in [0.3, 0.4) is 0 Å². The highest BCUT2D eigenvalue weighted by Crippen LogP contribution is 2.39. The monoisotopic (exact) mass is 348 g/mol. The van der Waals surface area contributed by atoms with Gasteiger partial charge in [0, 0.05) is 26.1 Å². The zero-order valence-corrected chi connectivity index (χ0v) is 14.7. The molecule has 1 aliphatic carbocycles. The maximum atomic E-state index is 12.9. The summed E-state index contributed by atoms with van der Waals surface area (Å²) in [5.74, 6) is 1.66. The van der Waals surface area contributed by atoms with Gasteiger partial charge in [-0.25, -0.2) is 4.39 Å². The minimum atomic E-state index is -0.270. The van der Waals surface area contributed by atoms with Gasteiger partial charge in [-0.2, -0.15) is 0 Å². The van der Waals surface area contributed by atoms with Crippen LogP contribution in [0.4, 0.5) is 4.39 Å². The number of carbonyl (C=O) groups is 1. The third kappa shape index (κ3) is 3.95. The maximum absolute atomic E-state index is 12.9. The third-order valence-corrected chi connectivity index (χ3v) is 5.04. The SMILES string of the molecule is CCn1c(SCC(=O)N(C)Cc2ccc(F)cc2)nnc1C1CC1. The Hall–Kier alpha value is -1.89. The van der Waals surface area contributed by atoms with Gasteiger partial charge in [-0.15, -0.1) is 10.2 Å². The lowest BCUT2D eigenvalue weighted by atomic mass is 10.2. The Morgan fingerprint density at radius 2 is 2.04 bits per heavy atom. The molecule has 0 aliphatic heterocycles. The zero-order valence-electron chi connectivity index (χ0n) is 13.9. The number of hydrogen-bond acceptors (Lipinski definition) is 4. The van der Waals surface area contributed by atoms with Crippen LogP contribution in [0.5, 0.6) is 0 Å². The van der Waals surface area contributed by atoms with E-state index in [4.69, 9.17) is 0 Å². The molecule has 1 saturated carbocycles. The van der Waals surface area contributed by atoms with Crippen molar-refractivity contribution in [2.24, 2.45) is 0 Å². The van der Waals surface area contributed by atoms with Crippen molar-refractivity contribution in [3.8, 4) is 0 Å². The highest BCUT2D eigenvalue weighted by Gasteiger charge is 2.30. The summed E-state index contributed by atoms with van der Waals surface area (Å²) in [6, 6.07) is 6.21. The van der Waals surface area contributed by atoms with E-state index in [0.717, 1.165) is 23.1 Å². The summed E-state index contributed by atoms with van der Waals surface area (Å²) in [7, 11) is 1.76. The van der Waals surface area contributed by atoms with Gasteiger partial charge in [0.25, 0.3) is 0 Å². The molecule has 0 unspecified atom stereocenters. The molecule has 3 rings (SSSR count). The van der Waals surface area contributed by atoms with Gasteiger partial charge < -0.3 is 9.47 Å². The Balaban J connectivity index is 1.56. The molecular weight excluding hydrogens is 327 g/mol. The molecule has 1 amide bonds. The van der Waals surface area contributed by atoms with E-state index in [1.54, 1.807) is 24.1 Å². The lowest BCUT2D eigenvalue weighted by Crippen LogP contribution is -2.27. The number of halogens is 1. The van der Waals surface area contributed by atoms with Crippen molar-refractivity contribution >= 4 is 17.7 Å². The van der Waals surface area contributed by atoms with Gasteiger partial charge >= 0.3 is 0 Å². The lowest BCUT2D eigenvalue weighted by Gasteiger charge is -2.17. The van der Waals surface area contributed by atoms with E-state index in [1.165, 1.54) is 36.7 Å². The van der Waals surface area contributed by atoms with E-state index >= 15 is 0 Å². The van der Waals surface area contributed by atoms with Crippen molar-refractivity contribution in [1.29, 1.82) is 0 Å². The number of amides is 1. The molecule has 1 aromatic heterocycles. The first-order valence-electron chi connectivity index (χ1n) is 8.12. The second kappa shape index (κ2) is 7.34. The Bertz CT molecular complexity index is 712. The molecule has 0 spiro atoms. The van der Waals surface area contributed by atoms with Gasteiger partial charge in [0.15, 0.2) is 5.16 Å². The van der Waals surface area contributed by atoms with E-state index in [1.807, 2.05) is 0 Å². The van der Waals surface area contributed by atoms with Crippen molar-refractivity contribution in [2.45, 2.75) is 43.9 Å². The van der Waals surface area contributed by atoms with Crippen molar-refractivity contribution in [3.05, 3.63) is 41.5 Å². The standard InChI is InChI=1S/C17H21FN4OS/c1-3-22-16(13-6-7-13)19-20-17(22)24-11-15(23)21(2)10-12-4-8-14(18)9-5-12/h4-5,8-9,13H,3,6-7,10-11H2,1-2H3. The van der Waals surface area contributed by atoms with Gasteiger partial charge in [0.2, 0.25) is 5.91 Å². The fourth-order valence-corrected chi connectivity index (χ4v) is 3.49. The zero-order chi connectivity index (χ0) is 17.1. The summed E-state index contributed by atoms with van der Waals surface area (Å²) in [5, 5.41) is 9.32. The molecule has 1 aliphatic rings.